The van der Waals surface area contributed by atoms with Gasteiger partial charge in [0.15, 0.2) is 6.61 Å². The Hall–Kier alpha value is -4.11. The molecule has 2 amide bonds. The molecule has 1 atom stereocenters. The quantitative estimate of drug-likeness (QED) is 0.435. The van der Waals surface area contributed by atoms with Crippen LogP contribution < -0.4 is 14.8 Å². The van der Waals surface area contributed by atoms with Crippen molar-refractivity contribution in [1.82, 2.24) is 20.1 Å². The molecule has 1 unspecified atom stereocenters. The first-order valence-electron chi connectivity index (χ1n) is 12.9. The van der Waals surface area contributed by atoms with E-state index in [0.717, 1.165) is 43.7 Å². The highest BCUT2D eigenvalue weighted by molar-refractivity contribution is 5.77. The second-order valence-corrected chi connectivity index (χ2v) is 9.68. The lowest BCUT2D eigenvalue weighted by atomic mass is 9.98. The number of nitrogens with zero attached hydrogens (tertiary/aromatic N) is 3. The first kappa shape index (κ1) is 25.5. The van der Waals surface area contributed by atoms with Crippen molar-refractivity contribution in [3.05, 3.63) is 83.6 Å². The van der Waals surface area contributed by atoms with Crippen LogP contribution in [0.2, 0.25) is 0 Å². The molecule has 2 fully saturated rings. The van der Waals surface area contributed by atoms with Crippen LogP contribution in [0.4, 0.5) is 4.79 Å². The van der Waals surface area contributed by atoms with Crippen molar-refractivity contribution >= 4 is 12.0 Å². The molecule has 3 heterocycles. The smallest absolute Gasteiger partial charge is 0.341 e. The number of aryl methyl sites for hydroxylation is 1. The summed E-state index contributed by atoms with van der Waals surface area (Å²) in [6.45, 7) is 4.90. The van der Waals surface area contributed by atoms with Crippen molar-refractivity contribution in [3.63, 3.8) is 0 Å². The van der Waals surface area contributed by atoms with Gasteiger partial charge in [0.2, 0.25) is 5.88 Å². The van der Waals surface area contributed by atoms with Gasteiger partial charge in [-0.3, -0.25) is 4.90 Å². The van der Waals surface area contributed by atoms with E-state index in [-0.39, 0.29) is 24.7 Å². The number of aliphatic carboxylic acids is 1. The molecular formula is C29H32N4O5. The number of carboxylic acids is 1. The summed E-state index contributed by atoms with van der Waals surface area (Å²) in [5.41, 5.74) is 3.24. The molecule has 2 aromatic carbocycles. The van der Waals surface area contributed by atoms with Crippen LogP contribution in [0.15, 0.2) is 66.7 Å². The molecule has 1 aromatic heterocycles. The van der Waals surface area contributed by atoms with Crippen LogP contribution >= 0.6 is 0 Å². The molecule has 0 spiro atoms. The van der Waals surface area contributed by atoms with Gasteiger partial charge in [0, 0.05) is 44.0 Å². The zero-order chi connectivity index (χ0) is 26.5. The molecule has 5 rings (SSSR count). The Kier molecular flexibility index (Phi) is 7.74. The number of amides is 2. The fourth-order valence-electron chi connectivity index (χ4n) is 5.15. The van der Waals surface area contributed by atoms with Crippen molar-refractivity contribution in [2.45, 2.75) is 38.4 Å². The third kappa shape index (κ3) is 6.06. The number of hydrogen-bond donors (Lipinski definition) is 2. The lowest BCUT2D eigenvalue weighted by Gasteiger charge is -2.38. The van der Waals surface area contributed by atoms with Crippen molar-refractivity contribution < 1.29 is 24.2 Å². The molecule has 198 valence electrons. The number of pyridine rings is 1. The van der Waals surface area contributed by atoms with E-state index in [2.05, 4.69) is 32.2 Å². The second-order valence-electron chi connectivity index (χ2n) is 9.68. The minimum atomic E-state index is -1.02. The van der Waals surface area contributed by atoms with Gasteiger partial charge in [-0.05, 0) is 55.2 Å². The number of carbonyl (C=O) groups is 2. The second kappa shape index (κ2) is 11.5. The average Bonchev–Trinajstić information content (AvgIpc) is 3.32. The lowest BCUT2D eigenvalue weighted by molar-refractivity contribution is -0.139. The van der Waals surface area contributed by atoms with Crippen LogP contribution in [0.25, 0.3) is 0 Å². The van der Waals surface area contributed by atoms with E-state index < -0.39 is 5.97 Å². The van der Waals surface area contributed by atoms with Crippen molar-refractivity contribution in [1.29, 1.82) is 0 Å². The fraction of sp³-hybridized carbons (Fsp3) is 0.345. The first-order chi connectivity index (χ1) is 18.5. The number of carboxylic acid groups (broad SMARTS) is 1. The van der Waals surface area contributed by atoms with Crippen molar-refractivity contribution in [2.75, 3.05) is 26.2 Å². The molecular weight excluding hydrogens is 484 g/mol. The number of piperidine rings is 1. The van der Waals surface area contributed by atoms with E-state index in [9.17, 15) is 9.59 Å². The van der Waals surface area contributed by atoms with Crippen LogP contribution in [0.3, 0.4) is 0 Å². The van der Waals surface area contributed by atoms with E-state index in [1.54, 1.807) is 24.3 Å². The zero-order valence-corrected chi connectivity index (χ0v) is 21.4. The molecule has 2 N–H and O–H groups in total. The Morgan fingerprint density at radius 1 is 1.03 bits per heavy atom. The molecule has 38 heavy (non-hydrogen) atoms. The maximum absolute atomic E-state index is 12.7. The Morgan fingerprint density at radius 3 is 2.42 bits per heavy atom. The summed E-state index contributed by atoms with van der Waals surface area (Å²) in [7, 11) is 0. The van der Waals surface area contributed by atoms with E-state index >= 15 is 0 Å². The van der Waals surface area contributed by atoms with Crippen LogP contribution in [0.5, 0.6) is 17.4 Å². The molecule has 0 saturated carbocycles. The maximum Gasteiger partial charge on any atom is 0.341 e. The zero-order valence-electron chi connectivity index (χ0n) is 21.4. The highest BCUT2D eigenvalue weighted by atomic mass is 16.5. The van der Waals surface area contributed by atoms with Gasteiger partial charge >= 0.3 is 12.0 Å². The van der Waals surface area contributed by atoms with Gasteiger partial charge in [0.25, 0.3) is 0 Å². The predicted octanol–water partition coefficient (Wildman–Crippen LogP) is 4.38. The molecule has 0 radical (unpaired) electrons. The third-order valence-corrected chi connectivity index (χ3v) is 7.12. The number of aromatic nitrogens is 1. The number of hydrogen-bond acceptors (Lipinski definition) is 6. The highest BCUT2D eigenvalue weighted by Gasteiger charge is 2.38. The minimum Gasteiger partial charge on any atom is -0.482 e. The highest BCUT2D eigenvalue weighted by Crippen LogP contribution is 2.31. The number of carbonyl (C=O) groups excluding carboxylic acids is 1. The fourth-order valence-corrected chi connectivity index (χ4v) is 5.15. The normalized spacial score (nSPS) is 18.3. The summed E-state index contributed by atoms with van der Waals surface area (Å²) in [5.74, 6) is 0.527. The summed E-state index contributed by atoms with van der Waals surface area (Å²) < 4.78 is 11.0. The number of likely N-dealkylation sites (tertiary alicyclic amines) is 1. The van der Waals surface area contributed by atoms with Gasteiger partial charge in [0.05, 0.1) is 6.04 Å². The molecule has 9 heteroatoms. The number of nitrogens with one attached hydrogen (secondary N) is 1. The van der Waals surface area contributed by atoms with E-state index in [0.29, 0.717) is 23.9 Å². The minimum absolute atomic E-state index is 0.0374. The van der Waals surface area contributed by atoms with Crippen LogP contribution in [-0.4, -0.2) is 64.2 Å². The molecule has 0 bridgehead atoms. The Balaban J connectivity index is 1.14. The summed E-state index contributed by atoms with van der Waals surface area (Å²) in [6, 6.07) is 21.3. The summed E-state index contributed by atoms with van der Waals surface area (Å²) in [6.07, 6.45) is 1.88. The monoisotopic (exact) mass is 516 g/mol. The van der Waals surface area contributed by atoms with Gasteiger partial charge in [0.1, 0.15) is 11.5 Å². The van der Waals surface area contributed by atoms with E-state index in [4.69, 9.17) is 14.6 Å². The number of ether oxygens (including phenoxy) is 2. The third-order valence-electron chi connectivity index (χ3n) is 7.12. The van der Waals surface area contributed by atoms with Crippen LogP contribution in [0, 0.1) is 6.92 Å². The summed E-state index contributed by atoms with van der Waals surface area (Å²) >= 11 is 0. The van der Waals surface area contributed by atoms with Gasteiger partial charge in [-0.25, -0.2) is 14.6 Å². The van der Waals surface area contributed by atoms with Crippen LogP contribution in [-0.2, 0) is 11.3 Å². The van der Waals surface area contributed by atoms with Crippen molar-refractivity contribution in [3.8, 4) is 17.4 Å². The maximum atomic E-state index is 12.7. The van der Waals surface area contributed by atoms with Crippen molar-refractivity contribution in [2.24, 2.45) is 0 Å². The molecule has 9 nitrogen and oxygen atoms in total. The Labute approximate surface area is 222 Å². The molecule has 3 aromatic rings. The van der Waals surface area contributed by atoms with Gasteiger partial charge in [-0.2, -0.15) is 0 Å². The molecule has 0 aliphatic carbocycles. The molecule has 2 saturated heterocycles. The van der Waals surface area contributed by atoms with E-state index in [1.807, 2.05) is 37.3 Å². The molecule has 2 aliphatic heterocycles. The number of rotatable bonds is 9. The van der Waals surface area contributed by atoms with Crippen LogP contribution in [0.1, 0.15) is 35.7 Å². The molecule has 2 aliphatic rings. The lowest BCUT2D eigenvalue weighted by Crippen LogP contribution is -2.46. The summed E-state index contributed by atoms with van der Waals surface area (Å²) in [5, 5.41) is 11.7. The number of urea groups is 1. The first-order valence-corrected chi connectivity index (χ1v) is 12.9. The predicted molar refractivity (Wildman–Crippen MR) is 141 cm³/mol. The largest absolute Gasteiger partial charge is 0.482 e. The topological polar surface area (TPSA) is 104 Å². The number of benzene rings is 2. The van der Waals surface area contributed by atoms with Gasteiger partial charge in [-0.1, -0.05) is 36.4 Å². The average molecular weight is 517 g/mol. The van der Waals surface area contributed by atoms with Gasteiger partial charge < -0.3 is 24.8 Å². The van der Waals surface area contributed by atoms with Gasteiger partial charge in [-0.15, -0.1) is 0 Å². The Morgan fingerprint density at radius 2 is 1.74 bits per heavy atom. The SMILES string of the molecule is Cc1nc(Oc2ccc(OCC(=O)O)cc2)ccc1CN1CCC(N2C(=O)NCC2c2ccccc2)CC1. The standard InChI is InChI=1S/C29H32N4O5/c1-20-22(7-12-27(31-20)38-25-10-8-24(9-11-25)37-19-28(34)35)18-32-15-13-23(14-16-32)33-26(17-30-29(33)36)21-5-3-2-4-6-21/h2-12,23,26H,13-19H2,1H3,(H,30,36)(H,34,35). The summed E-state index contributed by atoms with van der Waals surface area (Å²) in [4.78, 5) is 32.4. The van der Waals surface area contributed by atoms with E-state index in [1.165, 1.54) is 5.56 Å². The Bertz CT molecular complexity index is 1260.